The maximum absolute atomic E-state index is 12.7. The minimum atomic E-state index is -1.11. The van der Waals surface area contributed by atoms with Crippen molar-refractivity contribution in [3.05, 3.63) is 82.3 Å². The van der Waals surface area contributed by atoms with Crippen LogP contribution in [0.15, 0.2) is 65.6 Å². The molecule has 1 unspecified atom stereocenters. The van der Waals surface area contributed by atoms with Crippen LogP contribution in [0.4, 0.5) is 0 Å². The quantitative estimate of drug-likeness (QED) is 0.348. The van der Waals surface area contributed by atoms with E-state index in [1.54, 1.807) is 31.5 Å². The Morgan fingerprint density at radius 1 is 1.06 bits per heavy atom. The lowest BCUT2D eigenvalue weighted by Crippen LogP contribution is -2.32. The Hall–Kier alpha value is -4.11. The van der Waals surface area contributed by atoms with Crippen LogP contribution in [0.25, 0.3) is 22.0 Å². The summed E-state index contributed by atoms with van der Waals surface area (Å²) in [5.74, 6) is -1.59. The zero-order chi connectivity index (χ0) is 25.7. The summed E-state index contributed by atoms with van der Waals surface area (Å²) >= 11 is 0. The van der Waals surface area contributed by atoms with Crippen LogP contribution in [0.1, 0.15) is 24.0 Å². The number of nitrogens with zero attached hydrogens (tertiary/aromatic N) is 4. The fourth-order valence-corrected chi connectivity index (χ4v) is 4.13. The number of fused-ring (bicyclic) bond motifs is 1. The van der Waals surface area contributed by atoms with Crippen LogP contribution in [-0.4, -0.2) is 49.4 Å². The summed E-state index contributed by atoms with van der Waals surface area (Å²) < 4.78 is 6.24. The predicted octanol–water partition coefficient (Wildman–Crippen LogP) is 3.26. The normalized spacial score (nSPS) is 12.9. The fraction of sp³-hybridized carbons (Fsp3) is 0.296. The summed E-state index contributed by atoms with van der Waals surface area (Å²) in [5, 5.41) is 28.8. The van der Waals surface area contributed by atoms with Crippen molar-refractivity contribution >= 4 is 16.9 Å². The highest BCUT2D eigenvalue weighted by Gasteiger charge is 2.26. The summed E-state index contributed by atoms with van der Waals surface area (Å²) in [4.78, 5) is 28.8. The highest BCUT2D eigenvalue weighted by molar-refractivity contribution is 5.77. The average molecular weight is 489 g/mol. The number of carboxylic acid groups (broad SMARTS) is 1. The highest BCUT2D eigenvalue weighted by Crippen LogP contribution is 2.22. The number of methoxy groups -OCH3 is 1. The number of hydrogen-bond acceptors (Lipinski definition) is 7. The second kappa shape index (κ2) is 11.1. The molecule has 9 heteroatoms. The van der Waals surface area contributed by atoms with Crippen LogP contribution in [0.3, 0.4) is 0 Å². The van der Waals surface area contributed by atoms with Crippen LogP contribution >= 0.6 is 0 Å². The number of carboxylic acids is 1. The largest absolute Gasteiger partial charge is 0.481 e. The number of benzene rings is 2. The van der Waals surface area contributed by atoms with Gasteiger partial charge in [0.1, 0.15) is 5.52 Å². The van der Waals surface area contributed by atoms with Crippen molar-refractivity contribution in [1.82, 2.24) is 20.0 Å². The van der Waals surface area contributed by atoms with Crippen LogP contribution in [-0.2, 0) is 17.8 Å². The van der Waals surface area contributed by atoms with Gasteiger partial charge in [-0.3, -0.25) is 9.59 Å². The van der Waals surface area contributed by atoms with Gasteiger partial charge < -0.3 is 14.9 Å². The standard InChI is InChI=1S/C27H28N4O5/c1-17-3-10-21-23(15-17)29-30-31(26(21)33)14-13-22(27(34)35)24(32)11-6-18-4-7-19(8-5-18)20-9-12-25(36-2)28-16-20/h3-5,7-10,12,15-16,22,24,32H,6,11,13-14H2,1-2H3,(H,34,35)/t22?,24-/m1/s1. The van der Waals surface area contributed by atoms with Crippen molar-refractivity contribution in [1.29, 1.82) is 0 Å². The molecule has 2 heterocycles. The van der Waals surface area contributed by atoms with Crippen LogP contribution < -0.4 is 10.3 Å². The summed E-state index contributed by atoms with van der Waals surface area (Å²) in [6.45, 7) is 1.95. The SMILES string of the molecule is COc1ccc(-c2ccc(CC[C@@H](O)C(CCn3nnc4cc(C)ccc4c3=O)C(=O)O)cc2)cn1. The predicted molar refractivity (Wildman–Crippen MR) is 135 cm³/mol. The number of carbonyl (C=O) groups is 1. The number of aliphatic hydroxyl groups excluding tert-OH is 1. The molecule has 2 aromatic heterocycles. The molecule has 2 N–H and O–H groups in total. The van der Waals surface area contributed by atoms with Crippen molar-refractivity contribution in [3.8, 4) is 17.0 Å². The average Bonchev–Trinajstić information content (AvgIpc) is 2.89. The topological polar surface area (TPSA) is 127 Å². The Kier molecular flexibility index (Phi) is 7.70. The smallest absolute Gasteiger partial charge is 0.309 e. The molecule has 186 valence electrons. The van der Waals surface area contributed by atoms with E-state index < -0.39 is 18.0 Å². The van der Waals surface area contributed by atoms with Crippen molar-refractivity contribution in [3.63, 3.8) is 0 Å². The maximum Gasteiger partial charge on any atom is 0.309 e. The zero-order valence-electron chi connectivity index (χ0n) is 20.2. The molecule has 0 spiro atoms. The molecule has 9 nitrogen and oxygen atoms in total. The first-order valence-electron chi connectivity index (χ1n) is 11.7. The van der Waals surface area contributed by atoms with E-state index in [9.17, 15) is 19.8 Å². The van der Waals surface area contributed by atoms with Gasteiger partial charge in [-0.1, -0.05) is 35.5 Å². The first-order chi connectivity index (χ1) is 17.4. The van der Waals surface area contributed by atoms with Gasteiger partial charge in [0.15, 0.2) is 0 Å². The van der Waals surface area contributed by atoms with E-state index in [1.165, 1.54) is 0 Å². The molecule has 0 aliphatic heterocycles. The summed E-state index contributed by atoms with van der Waals surface area (Å²) in [7, 11) is 1.57. The molecule has 2 atom stereocenters. The minimum absolute atomic E-state index is 0.0499. The third-order valence-corrected chi connectivity index (χ3v) is 6.27. The molecular formula is C27H28N4O5. The molecule has 0 saturated carbocycles. The van der Waals surface area contributed by atoms with E-state index in [1.807, 2.05) is 43.3 Å². The van der Waals surface area contributed by atoms with Gasteiger partial charge >= 0.3 is 5.97 Å². The highest BCUT2D eigenvalue weighted by atomic mass is 16.5. The van der Waals surface area contributed by atoms with Gasteiger partial charge in [0.25, 0.3) is 5.56 Å². The van der Waals surface area contributed by atoms with Crippen molar-refractivity contribution < 1.29 is 19.7 Å². The second-order valence-corrected chi connectivity index (χ2v) is 8.76. The fourth-order valence-electron chi connectivity index (χ4n) is 4.13. The van der Waals surface area contributed by atoms with E-state index in [-0.39, 0.29) is 24.9 Å². The Morgan fingerprint density at radius 3 is 2.47 bits per heavy atom. The van der Waals surface area contributed by atoms with E-state index in [0.717, 1.165) is 26.9 Å². The van der Waals surface area contributed by atoms with Gasteiger partial charge in [-0.25, -0.2) is 9.67 Å². The first-order valence-corrected chi connectivity index (χ1v) is 11.7. The third kappa shape index (κ3) is 5.75. The van der Waals surface area contributed by atoms with E-state index in [0.29, 0.717) is 23.2 Å². The number of ether oxygens (including phenoxy) is 1. The number of rotatable bonds is 10. The molecule has 0 saturated heterocycles. The van der Waals surface area contributed by atoms with Gasteiger partial charge in [-0.2, -0.15) is 0 Å². The molecule has 2 aromatic carbocycles. The van der Waals surface area contributed by atoms with Crippen molar-refractivity contribution in [2.75, 3.05) is 7.11 Å². The number of aryl methyl sites for hydroxylation is 3. The Bertz CT molecular complexity index is 1400. The number of pyridine rings is 1. The minimum Gasteiger partial charge on any atom is -0.481 e. The summed E-state index contributed by atoms with van der Waals surface area (Å²) in [6, 6.07) is 16.8. The molecule has 0 amide bonds. The molecule has 4 rings (SSSR count). The molecule has 0 aliphatic rings. The Balaban J connectivity index is 1.37. The van der Waals surface area contributed by atoms with Crippen LogP contribution in [0, 0.1) is 12.8 Å². The summed E-state index contributed by atoms with van der Waals surface area (Å²) in [6.07, 6.45) is 1.52. The lowest BCUT2D eigenvalue weighted by atomic mass is 9.93. The van der Waals surface area contributed by atoms with E-state index in [4.69, 9.17) is 4.74 Å². The zero-order valence-corrected chi connectivity index (χ0v) is 20.2. The number of aliphatic hydroxyl groups is 1. The first kappa shape index (κ1) is 25.0. The molecule has 0 radical (unpaired) electrons. The van der Waals surface area contributed by atoms with E-state index >= 15 is 0 Å². The third-order valence-electron chi connectivity index (χ3n) is 6.27. The summed E-state index contributed by atoms with van der Waals surface area (Å²) in [5.41, 5.74) is 4.07. The maximum atomic E-state index is 12.7. The number of aromatic nitrogens is 4. The van der Waals surface area contributed by atoms with Crippen LogP contribution in [0.5, 0.6) is 5.88 Å². The molecule has 4 aromatic rings. The lowest BCUT2D eigenvalue weighted by molar-refractivity contribution is -0.146. The van der Waals surface area contributed by atoms with Gasteiger partial charge in [0.05, 0.1) is 24.5 Å². The van der Waals surface area contributed by atoms with Gasteiger partial charge in [-0.15, -0.1) is 5.10 Å². The Labute approximate surface area is 208 Å². The molecular weight excluding hydrogens is 460 g/mol. The monoisotopic (exact) mass is 488 g/mol. The van der Waals surface area contributed by atoms with Gasteiger partial charge in [0, 0.05) is 24.4 Å². The molecule has 0 fully saturated rings. The molecule has 0 bridgehead atoms. The van der Waals surface area contributed by atoms with Gasteiger partial charge in [-0.05, 0) is 61.1 Å². The van der Waals surface area contributed by atoms with Crippen molar-refractivity contribution in [2.24, 2.45) is 5.92 Å². The van der Waals surface area contributed by atoms with Crippen molar-refractivity contribution in [2.45, 2.75) is 38.8 Å². The second-order valence-electron chi connectivity index (χ2n) is 8.76. The number of aliphatic carboxylic acids is 1. The lowest BCUT2D eigenvalue weighted by Gasteiger charge is -2.19. The van der Waals surface area contributed by atoms with Crippen LogP contribution in [0.2, 0.25) is 0 Å². The molecule has 36 heavy (non-hydrogen) atoms. The van der Waals surface area contributed by atoms with Gasteiger partial charge in [0.2, 0.25) is 5.88 Å². The van der Waals surface area contributed by atoms with E-state index in [2.05, 4.69) is 15.3 Å². The molecule has 0 aliphatic carbocycles. The Morgan fingerprint density at radius 2 is 1.81 bits per heavy atom. The number of hydrogen-bond donors (Lipinski definition) is 2.